The Morgan fingerprint density at radius 3 is 2.80 bits per heavy atom. The van der Waals surface area contributed by atoms with Crippen molar-refractivity contribution >= 4 is 17.6 Å². The van der Waals surface area contributed by atoms with Crippen molar-refractivity contribution in [1.29, 1.82) is 0 Å². The average Bonchev–Trinajstić information content (AvgIpc) is 2.76. The summed E-state index contributed by atoms with van der Waals surface area (Å²) >= 11 is 6.07. The second kappa shape index (κ2) is 8.81. The monoisotopic (exact) mass is 301 g/mol. The van der Waals surface area contributed by atoms with E-state index in [0.29, 0.717) is 24.8 Å². The molecule has 6 nitrogen and oxygen atoms in total. The van der Waals surface area contributed by atoms with Gasteiger partial charge in [0.15, 0.2) is 5.15 Å². The van der Waals surface area contributed by atoms with Crippen LogP contribution < -0.4 is 10.6 Å². The van der Waals surface area contributed by atoms with Gasteiger partial charge >= 0.3 is 6.03 Å². The van der Waals surface area contributed by atoms with Gasteiger partial charge in [-0.25, -0.2) is 9.78 Å². The van der Waals surface area contributed by atoms with Gasteiger partial charge in [-0.2, -0.15) is 0 Å². The summed E-state index contributed by atoms with van der Waals surface area (Å²) in [6.45, 7) is 4.02. The number of carbonyl (C=O) groups excluding carboxylic acids is 1. The smallest absolute Gasteiger partial charge is 0.316 e. The Bertz CT molecular complexity index is 419. The molecule has 0 aliphatic rings. The van der Waals surface area contributed by atoms with Gasteiger partial charge in [-0.15, -0.1) is 0 Å². The lowest BCUT2D eigenvalue weighted by atomic mass is 10.2. The zero-order valence-electron chi connectivity index (χ0n) is 12.4. The lowest BCUT2D eigenvalue weighted by Crippen LogP contribution is -2.38. The Kier molecular flexibility index (Phi) is 7.40. The van der Waals surface area contributed by atoms with Gasteiger partial charge in [0, 0.05) is 40.2 Å². The molecule has 20 heavy (non-hydrogen) atoms. The summed E-state index contributed by atoms with van der Waals surface area (Å²) in [6, 6.07) is -0.0896. The summed E-state index contributed by atoms with van der Waals surface area (Å²) in [5.74, 6) is 0.939. The number of H-pyrrole nitrogens is 1. The number of rotatable bonds is 8. The van der Waals surface area contributed by atoms with E-state index >= 15 is 0 Å². The van der Waals surface area contributed by atoms with E-state index in [4.69, 9.17) is 11.6 Å². The summed E-state index contributed by atoms with van der Waals surface area (Å²) in [5, 5.41) is 6.53. The number of nitrogens with one attached hydrogen (secondary N) is 3. The Balaban J connectivity index is 2.24. The normalized spacial score (nSPS) is 10.6. The molecule has 0 fully saturated rings. The minimum Gasteiger partial charge on any atom is -0.344 e. The number of nitrogens with zero attached hydrogens (tertiary/aromatic N) is 2. The molecule has 0 bridgehead atoms. The van der Waals surface area contributed by atoms with Crippen molar-refractivity contribution in [2.24, 2.45) is 0 Å². The van der Waals surface area contributed by atoms with E-state index in [2.05, 4.69) is 27.5 Å². The highest BCUT2D eigenvalue weighted by atomic mass is 35.5. The van der Waals surface area contributed by atoms with Crippen LogP contribution in [0.25, 0.3) is 0 Å². The molecule has 0 spiro atoms. The van der Waals surface area contributed by atoms with Crippen molar-refractivity contribution in [3.05, 3.63) is 16.7 Å². The molecule has 0 radical (unpaired) electrons. The summed E-state index contributed by atoms with van der Waals surface area (Å²) in [5.41, 5.74) is 0.900. The number of amides is 2. The highest BCUT2D eigenvalue weighted by Gasteiger charge is 2.07. The molecule has 0 unspecified atom stereocenters. The molecule has 1 heterocycles. The third kappa shape index (κ3) is 5.79. The Labute approximate surface area is 125 Å². The SMILES string of the molecule is CCCCc1nc(Cl)c(CNCCNC(=O)N(C)C)[nH]1. The molecule has 1 rings (SSSR count). The van der Waals surface area contributed by atoms with Crippen molar-refractivity contribution < 1.29 is 4.79 Å². The molecule has 0 saturated carbocycles. The summed E-state index contributed by atoms with van der Waals surface area (Å²) in [6.07, 6.45) is 3.17. The Morgan fingerprint density at radius 2 is 2.15 bits per heavy atom. The van der Waals surface area contributed by atoms with Gasteiger partial charge in [0.1, 0.15) is 5.82 Å². The van der Waals surface area contributed by atoms with E-state index in [1.165, 1.54) is 4.90 Å². The topological polar surface area (TPSA) is 73.1 Å². The maximum Gasteiger partial charge on any atom is 0.316 e. The molecule has 114 valence electrons. The van der Waals surface area contributed by atoms with Crippen LogP contribution in [0, 0.1) is 0 Å². The number of unbranched alkanes of at least 4 members (excludes halogenated alkanes) is 1. The number of hydrogen-bond donors (Lipinski definition) is 3. The fraction of sp³-hybridized carbons (Fsp3) is 0.692. The van der Waals surface area contributed by atoms with Gasteiger partial charge in [0.05, 0.1) is 5.69 Å². The largest absolute Gasteiger partial charge is 0.344 e. The number of aryl methyl sites for hydroxylation is 1. The maximum atomic E-state index is 11.3. The average molecular weight is 302 g/mol. The van der Waals surface area contributed by atoms with Gasteiger partial charge in [-0.1, -0.05) is 24.9 Å². The number of aromatic nitrogens is 2. The first-order valence-electron chi connectivity index (χ1n) is 6.93. The van der Waals surface area contributed by atoms with E-state index in [1.807, 2.05) is 0 Å². The highest BCUT2D eigenvalue weighted by Crippen LogP contribution is 2.13. The van der Waals surface area contributed by atoms with E-state index in [1.54, 1.807) is 14.1 Å². The third-order valence-corrected chi connectivity index (χ3v) is 3.14. The van der Waals surface area contributed by atoms with Crippen LogP contribution in [-0.4, -0.2) is 48.1 Å². The molecular weight excluding hydrogens is 278 g/mol. The minimum atomic E-state index is -0.0896. The van der Waals surface area contributed by atoms with Crippen LogP contribution >= 0.6 is 11.6 Å². The van der Waals surface area contributed by atoms with Crippen LogP contribution in [0.1, 0.15) is 31.3 Å². The molecule has 3 N–H and O–H groups in total. The number of imidazole rings is 1. The van der Waals surface area contributed by atoms with Crippen LogP contribution in [0.2, 0.25) is 5.15 Å². The molecule has 1 aromatic rings. The van der Waals surface area contributed by atoms with Crippen LogP contribution in [0.15, 0.2) is 0 Å². The summed E-state index contributed by atoms with van der Waals surface area (Å²) in [4.78, 5) is 20.3. The first kappa shape index (κ1) is 16.8. The Hall–Kier alpha value is -1.27. The van der Waals surface area contributed by atoms with Gasteiger partial charge in [-0.3, -0.25) is 0 Å². The lowest BCUT2D eigenvalue weighted by molar-refractivity contribution is 0.217. The van der Waals surface area contributed by atoms with E-state index in [-0.39, 0.29) is 6.03 Å². The molecule has 0 aliphatic heterocycles. The number of carbonyl (C=O) groups is 1. The molecule has 0 aliphatic carbocycles. The fourth-order valence-corrected chi connectivity index (χ4v) is 1.86. The van der Waals surface area contributed by atoms with Crippen LogP contribution in [0.3, 0.4) is 0 Å². The predicted octanol–water partition coefficient (Wildman–Crippen LogP) is 1.77. The molecule has 2 amide bonds. The fourth-order valence-electron chi connectivity index (χ4n) is 1.65. The molecule has 0 saturated heterocycles. The molecule has 1 aromatic heterocycles. The zero-order chi connectivity index (χ0) is 15.0. The number of halogens is 1. The maximum absolute atomic E-state index is 11.3. The first-order chi connectivity index (χ1) is 9.54. The minimum absolute atomic E-state index is 0.0896. The van der Waals surface area contributed by atoms with E-state index in [9.17, 15) is 4.79 Å². The summed E-state index contributed by atoms with van der Waals surface area (Å²) < 4.78 is 0. The van der Waals surface area contributed by atoms with Crippen molar-refractivity contribution in [3.63, 3.8) is 0 Å². The second-order valence-electron chi connectivity index (χ2n) is 4.86. The predicted molar refractivity (Wildman–Crippen MR) is 81.0 cm³/mol. The number of urea groups is 1. The van der Waals surface area contributed by atoms with Crippen molar-refractivity contribution in [2.75, 3.05) is 27.2 Å². The van der Waals surface area contributed by atoms with Crippen LogP contribution in [0.5, 0.6) is 0 Å². The van der Waals surface area contributed by atoms with E-state index < -0.39 is 0 Å². The second-order valence-corrected chi connectivity index (χ2v) is 5.22. The van der Waals surface area contributed by atoms with Gasteiger partial charge in [0.25, 0.3) is 0 Å². The first-order valence-corrected chi connectivity index (χ1v) is 7.31. The summed E-state index contributed by atoms with van der Waals surface area (Å²) in [7, 11) is 3.43. The molecule has 7 heteroatoms. The van der Waals surface area contributed by atoms with Crippen molar-refractivity contribution in [3.8, 4) is 0 Å². The van der Waals surface area contributed by atoms with Gasteiger partial charge in [0.2, 0.25) is 0 Å². The zero-order valence-corrected chi connectivity index (χ0v) is 13.2. The molecule has 0 aromatic carbocycles. The van der Waals surface area contributed by atoms with Crippen molar-refractivity contribution in [2.45, 2.75) is 32.7 Å². The van der Waals surface area contributed by atoms with Crippen LogP contribution in [-0.2, 0) is 13.0 Å². The standard InChI is InChI=1S/C13H24ClN5O/c1-4-5-6-11-17-10(12(14)18-11)9-15-7-8-16-13(20)19(2)3/h15H,4-9H2,1-3H3,(H,16,20)(H,17,18). The van der Waals surface area contributed by atoms with Gasteiger partial charge in [-0.05, 0) is 6.42 Å². The van der Waals surface area contributed by atoms with Gasteiger partial charge < -0.3 is 20.5 Å². The lowest BCUT2D eigenvalue weighted by Gasteiger charge is -2.11. The molecule has 0 atom stereocenters. The quantitative estimate of drug-likeness (QED) is 0.641. The highest BCUT2D eigenvalue weighted by molar-refractivity contribution is 6.30. The third-order valence-electron chi connectivity index (χ3n) is 2.83. The van der Waals surface area contributed by atoms with Crippen LogP contribution in [0.4, 0.5) is 4.79 Å². The number of hydrogen-bond acceptors (Lipinski definition) is 3. The molecular formula is C13H24ClN5O. The van der Waals surface area contributed by atoms with Crippen molar-refractivity contribution in [1.82, 2.24) is 25.5 Å². The Morgan fingerprint density at radius 1 is 1.40 bits per heavy atom. The number of aromatic amines is 1. The van der Waals surface area contributed by atoms with E-state index in [0.717, 1.165) is 30.8 Å².